The summed E-state index contributed by atoms with van der Waals surface area (Å²) in [7, 11) is 0. The van der Waals surface area contributed by atoms with Crippen LogP contribution in [0.4, 0.5) is 0 Å². The van der Waals surface area contributed by atoms with E-state index in [1.807, 2.05) is 13.8 Å². The smallest absolute Gasteiger partial charge is 0.161 e. The fourth-order valence-electron chi connectivity index (χ4n) is 1.17. The molecule has 2 heterocycles. The van der Waals surface area contributed by atoms with Gasteiger partial charge in [-0.1, -0.05) is 23.2 Å². The van der Waals surface area contributed by atoms with E-state index in [2.05, 4.69) is 10.1 Å². The van der Waals surface area contributed by atoms with Crippen LogP contribution in [0.25, 0.3) is 5.65 Å². The molecule has 3 nitrogen and oxygen atoms in total. The summed E-state index contributed by atoms with van der Waals surface area (Å²) in [6.07, 6.45) is 0. The first-order valence-corrected chi connectivity index (χ1v) is 4.53. The van der Waals surface area contributed by atoms with E-state index >= 15 is 0 Å². The molecule has 13 heavy (non-hydrogen) atoms. The Hall–Kier alpha value is -0.800. The lowest BCUT2D eigenvalue weighted by atomic mass is 10.3. The Labute approximate surface area is 85.3 Å². The normalized spacial score (nSPS) is 11.1. The zero-order chi connectivity index (χ0) is 9.59. The van der Waals surface area contributed by atoms with Crippen molar-refractivity contribution in [1.82, 2.24) is 14.6 Å². The molecule has 0 aliphatic carbocycles. The van der Waals surface area contributed by atoms with Gasteiger partial charge in [-0.15, -0.1) is 0 Å². The molecule has 0 aliphatic rings. The van der Waals surface area contributed by atoms with Gasteiger partial charge in [0, 0.05) is 11.6 Å². The van der Waals surface area contributed by atoms with Crippen molar-refractivity contribution in [3.63, 3.8) is 0 Å². The number of fused-ring (bicyclic) bond motifs is 1. The number of halogens is 2. The molecule has 2 aromatic rings. The fraction of sp³-hybridized carbons (Fsp3) is 0.250. The summed E-state index contributed by atoms with van der Waals surface area (Å²) >= 11 is 11.7. The minimum atomic E-state index is 0.389. The van der Waals surface area contributed by atoms with Gasteiger partial charge in [0.15, 0.2) is 5.65 Å². The van der Waals surface area contributed by atoms with Crippen LogP contribution in [0.3, 0.4) is 0 Å². The molecule has 0 fully saturated rings. The molecule has 0 N–H and O–H groups in total. The topological polar surface area (TPSA) is 30.2 Å². The fourth-order valence-corrected chi connectivity index (χ4v) is 1.63. The van der Waals surface area contributed by atoms with Crippen molar-refractivity contribution in [2.45, 2.75) is 13.8 Å². The van der Waals surface area contributed by atoms with Crippen LogP contribution in [0.5, 0.6) is 0 Å². The van der Waals surface area contributed by atoms with Crippen molar-refractivity contribution >= 4 is 28.8 Å². The minimum absolute atomic E-state index is 0.389. The Kier molecular flexibility index (Phi) is 1.93. The average molecular weight is 216 g/mol. The zero-order valence-corrected chi connectivity index (χ0v) is 8.69. The van der Waals surface area contributed by atoms with Crippen molar-refractivity contribution in [3.05, 3.63) is 27.6 Å². The van der Waals surface area contributed by atoms with Gasteiger partial charge in [0.25, 0.3) is 0 Å². The monoisotopic (exact) mass is 215 g/mol. The van der Waals surface area contributed by atoms with E-state index in [4.69, 9.17) is 23.2 Å². The predicted octanol–water partition coefficient (Wildman–Crippen LogP) is 2.65. The molecule has 2 rings (SSSR count). The molecule has 0 saturated heterocycles. The van der Waals surface area contributed by atoms with E-state index < -0.39 is 0 Å². The summed E-state index contributed by atoms with van der Waals surface area (Å²) in [6.45, 7) is 3.85. The zero-order valence-electron chi connectivity index (χ0n) is 7.17. The second-order valence-electron chi connectivity index (χ2n) is 2.85. The Morgan fingerprint density at radius 3 is 2.69 bits per heavy atom. The predicted molar refractivity (Wildman–Crippen MR) is 52.5 cm³/mol. The molecule has 68 valence electrons. The lowest BCUT2D eigenvalue weighted by Crippen LogP contribution is -1.92. The van der Waals surface area contributed by atoms with Crippen molar-refractivity contribution in [3.8, 4) is 0 Å². The maximum Gasteiger partial charge on any atom is 0.161 e. The maximum absolute atomic E-state index is 5.92. The van der Waals surface area contributed by atoms with Gasteiger partial charge in [0.05, 0.1) is 5.69 Å². The van der Waals surface area contributed by atoms with Gasteiger partial charge in [0.1, 0.15) is 10.3 Å². The molecule has 0 spiro atoms. The van der Waals surface area contributed by atoms with Crippen LogP contribution in [0, 0.1) is 13.8 Å². The molecule has 0 amide bonds. The lowest BCUT2D eigenvalue weighted by Gasteiger charge is -1.96. The maximum atomic E-state index is 5.92. The number of nitrogens with zero attached hydrogens (tertiary/aromatic N) is 3. The number of hydrogen-bond acceptors (Lipinski definition) is 2. The van der Waals surface area contributed by atoms with Crippen LogP contribution in [-0.4, -0.2) is 14.6 Å². The van der Waals surface area contributed by atoms with E-state index in [-0.39, 0.29) is 0 Å². The Bertz CT molecular complexity index is 476. The molecule has 5 heteroatoms. The third-order valence-corrected chi connectivity index (χ3v) is 2.44. The summed E-state index contributed by atoms with van der Waals surface area (Å²) in [5.74, 6) is 0. The second kappa shape index (κ2) is 2.86. The van der Waals surface area contributed by atoms with Gasteiger partial charge < -0.3 is 0 Å². The van der Waals surface area contributed by atoms with Gasteiger partial charge >= 0.3 is 0 Å². The van der Waals surface area contributed by atoms with Gasteiger partial charge in [-0.3, -0.25) is 0 Å². The Morgan fingerprint density at radius 2 is 2.00 bits per heavy atom. The largest absolute Gasteiger partial charge is 0.216 e. The molecule has 0 atom stereocenters. The standard InChI is InChI=1S/C8H7Cl2N3/c1-4-5(2)12-13-7(10)3-6(9)11-8(4)13/h3H,1-2H3. The molecular formula is C8H7Cl2N3. The highest BCUT2D eigenvalue weighted by Gasteiger charge is 2.09. The minimum Gasteiger partial charge on any atom is -0.216 e. The third kappa shape index (κ3) is 1.28. The number of hydrogen-bond donors (Lipinski definition) is 0. The number of rotatable bonds is 0. The van der Waals surface area contributed by atoms with Gasteiger partial charge in [0.2, 0.25) is 0 Å². The highest BCUT2D eigenvalue weighted by Crippen LogP contribution is 2.20. The molecule has 0 radical (unpaired) electrons. The van der Waals surface area contributed by atoms with Crippen molar-refractivity contribution in [2.24, 2.45) is 0 Å². The first kappa shape index (κ1) is 8.78. The van der Waals surface area contributed by atoms with Crippen molar-refractivity contribution < 1.29 is 0 Å². The molecule has 2 aromatic heterocycles. The molecular weight excluding hydrogens is 209 g/mol. The first-order valence-electron chi connectivity index (χ1n) is 3.77. The van der Waals surface area contributed by atoms with Crippen molar-refractivity contribution in [1.29, 1.82) is 0 Å². The third-order valence-electron chi connectivity index (χ3n) is 1.98. The van der Waals surface area contributed by atoms with Gasteiger partial charge in [-0.2, -0.15) is 5.10 Å². The van der Waals surface area contributed by atoms with E-state index in [0.29, 0.717) is 10.3 Å². The van der Waals surface area contributed by atoms with Gasteiger partial charge in [-0.25, -0.2) is 9.50 Å². The summed E-state index contributed by atoms with van der Waals surface area (Å²) in [5.41, 5.74) is 2.64. The highest BCUT2D eigenvalue weighted by atomic mass is 35.5. The SMILES string of the molecule is Cc1nn2c(Cl)cc(Cl)nc2c1C. The number of aromatic nitrogens is 3. The van der Waals surface area contributed by atoms with Crippen LogP contribution in [0.1, 0.15) is 11.3 Å². The lowest BCUT2D eigenvalue weighted by molar-refractivity contribution is 0.918. The quantitative estimate of drug-likeness (QED) is 0.633. The van der Waals surface area contributed by atoms with Crippen LogP contribution in [0.15, 0.2) is 6.07 Å². The summed E-state index contributed by atoms with van der Waals surface area (Å²) in [6, 6.07) is 1.57. The summed E-state index contributed by atoms with van der Waals surface area (Å²) < 4.78 is 1.58. The van der Waals surface area contributed by atoms with Crippen molar-refractivity contribution in [2.75, 3.05) is 0 Å². The highest BCUT2D eigenvalue weighted by molar-refractivity contribution is 6.33. The number of aryl methyl sites for hydroxylation is 2. The Balaban J connectivity index is 2.94. The molecule has 0 aliphatic heterocycles. The second-order valence-corrected chi connectivity index (χ2v) is 3.62. The molecule has 0 aromatic carbocycles. The van der Waals surface area contributed by atoms with Crippen LogP contribution >= 0.6 is 23.2 Å². The summed E-state index contributed by atoms with van der Waals surface area (Å²) in [5, 5.41) is 5.08. The average Bonchev–Trinajstić information content (AvgIpc) is 2.32. The van der Waals surface area contributed by atoms with E-state index in [1.54, 1.807) is 10.6 Å². The summed E-state index contributed by atoms with van der Waals surface area (Å²) in [4.78, 5) is 4.14. The molecule has 0 bridgehead atoms. The van der Waals surface area contributed by atoms with Crippen LogP contribution in [-0.2, 0) is 0 Å². The van der Waals surface area contributed by atoms with E-state index in [1.165, 1.54) is 0 Å². The first-order chi connectivity index (χ1) is 6.09. The molecule has 0 saturated carbocycles. The van der Waals surface area contributed by atoms with Crippen LogP contribution < -0.4 is 0 Å². The van der Waals surface area contributed by atoms with Gasteiger partial charge in [-0.05, 0) is 13.8 Å². The van der Waals surface area contributed by atoms with E-state index in [0.717, 1.165) is 16.9 Å². The molecule has 0 unspecified atom stereocenters. The Morgan fingerprint density at radius 1 is 1.31 bits per heavy atom. The van der Waals surface area contributed by atoms with Crippen LogP contribution in [0.2, 0.25) is 10.3 Å². The van der Waals surface area contributed by atoms with E-state index in [9.17, 15) is 0 Å².